The lowest BCUT2D eigenvalue weighted by Crippen LogP contribution is -2.44. The number of hydrogen-bond acceptors (Lipinski definition) is 5. The molecule has 0 unspecified atom stereocenters. The maximum Gasteiger partial charge on any atom is 0.319 e. The molecule has 1 fully saturated rings. The second-order valence-corrected chi connectivity index (χ2v) is 11.1. The Balaban J connectivity index is 1.41. The molecule has 0 bridgehead atoms. The van der Waals surface area contributed by atoms with Gasteiger partial charge in [0.1, 0.15) is 0 Å². The van der Waals surface area contributed by atoms with E-state index in [-0.39, 0.29) is 30.8 Å². The van der Waals surface area contributed by atoms with Crippen LogP contribution in [-0.4, -0.2) is 35.2 Å². The van der Waals surface area contributed by atoms with Crippen molar-refractivity contribution in [1.82, 2.24) is 10.2 Å². The van der Waals surface area contributed by atoms with E-state index in [2.05, 4.69) is 71.0 Å². The van der Waals surface area contributed by atoms with Crippen molar-refractivity contribution >= 4 is 11.7 Å². The van der Waals surface area contributed by atoms with Gasteiger partial charge in [0.2, 0.25) is 0 Å². The Morgan fingerprint density at radius 2 is 1.35 bits per heavy atom. The molecule has 4 aromatic rings. The number of anilines is 1. The van der Waals surface area contributed by atoms with E-state index in [9.17, 15) is 9.90 Å². The van der Waals surface area contributed by atoms with Crippen molar-refractivity contribution in [2.75, 3.05) is 18.4 Å². The number of aliphatic hydroxyl groups is 1. The minimum Gasteiger partial charge on any atom is -0.392 e. The second kappa shape index (κ2) is 14.9. The smallest absolute Gasteiger partial charge is 0.319 e. The van der Waals surface area contributed by atoms with Gasteiger partial charge in [-0.05, 0) is 41.3 Å². The number of benzene rings is 4. The molecule has 43 heavy (non-hydrogen) atoms. The molecule has 0 aromatic heterocycles. The van der Waals surface area contributed by atoms with Crippen LogP contribution in [0.25, 0.3) is 0 Å². The molecule has 0 saturated carbocycles. The molecule has 224 valence electrons. The number of aliphatic hydroxyl groups excluding tert-OH is 1. The molecule has 5 rings (SSSR count). The van der Waals surface area contributed by atoms with E-state index in [1.165, 1.54) is 11.1 Å². The number of nitrogens with one attached hydrogen (secondary N) is 2. The number of carbonyl (C=O) groups excluding carboxylic acids is 1. The number of carbonyl (C=O) groups is 1. The fourth-order valence-corrected chi connectivity index (χ4v) is 5.51. The number of ether oxygens (including phenoxy) is 2. The van der Waals surface area contributed by atoms with Gasteiger partial charge in [0.15, 0.2) is 6.29 Å². The molecule has 1 heterocycles. The summed E-state index contributed by atoms with van der Waals surface area (Å²) in [5, 5.41) is 15.2. The highest BCUT2D eigenvalue weighted by Gasteiger charge is 2.39. The monoisotopic (exact) mass is 579 g/mol. The first kappa shape index (κ1) is 30.4. The number of amides is 2. The summed E-state index contributed by atoms with van der Waals surface area (Å²) in [6.45, 7) is 6.93. The Kier molecular flexibility index (Phi) is 10.6. The van der Waals surface area contributed by atoms with E-state index in [1.54, 1.807) is 0 Å². The van der Waals surface area contributed by atoms with E-state index in [1.807, 2.05) is 67.6 Å². The summed E-state index contributed by atoms with van der Waals surface area (Å²) in [4.78, 5) is 14.4. The summed E-state index contributed by atoms with van der Waals surface area (Å²) < 4.78 is 13.4. The molecular weight excluding hydrogens is 538 g/mol. The van der Waals surface area contributed by atoms with Crippen molar-refractivity contribution in [1.29, 1.82) is 0 Å². The Bertz CT molecular complexity index is 1370. The fraction of sp³-hybridized carbons (Fsp3) is 0.306. The van der Waals surface area contributed by atoms with Crippen LogP contribution in [0.1, 0.15) is 54.1 Å². The number of urea groups is 1. The summed E-state index contributed by atoms with van der Waals surface area (Å²) in [6.07, 6.45) is -0.917. The summed E-state index contributed by atoms with van der Waals surface area (Å²) in [6, 6.07) is 36.4. The molecule has 0 spiro atoms. The van der Waals surface area contributed by atoms with E-state index >= 15 is 0 Å². The summed E-state index contributed by atoms with van der Waals surface area (Å²) in [5.74, 6) is 0.0592. The molecule has 3 N–H and O–H groups in total. The average Bonchev–Trinajstić information content (AvgIpc) is 3.03. The molecule has 7 nitrogen and oxygen atoms in total. The van der Waals surface area contributed by atoms with Crippen molar-refractivity contribution < 1.29 is 19.4 Å². The maximum atomic E-state index is 12.0. The van der Waals surface area contributed by atoms with Crippen LogP contribution in [0.5, 0.6) is 0 Å². The first-order chi connectivity index (χ1) is 21.0. The second-order valence-electron chi connectivity index (χ2n) is 11.1. The molecule has 1 aliphatic rings. The van der Waals surface area contributed by atoms with E-state index in [0.29, 0.717) is 18.8 Å². The van der Waals surface area contributed by atoms with Crippen molar-refractivity contribution in [3.05, 3.63) is 137 Å². The van der Waals surface area contributed by atoms with Crippen LogP contribution >= 0.6 is 0 Å². The lowest BCUT2D eigenvalue weighted by atomic mass is 9.89. The van der Waals surface area contributed by atoms with Crippen LogP contribution in [0.4, 0.5) is 10.5 Å². The third-order valence-electron chi connectivity index (χ3n) is 7.84. The fourth-order valence-electron chi connectivity index (χ4n) is 5.51. The van der Waals surface area contributed by atoms with Gasteiger partial charge in [-0.15, -0.1) is 0 Å². The van der Waals surface area contributed by atoms with Gasteiger partial charge in [0, 0.05) is 43.3 Å². The highest BCUT2D eigenvalue weighted by Crippen LogP contribution is 2.42. The van der Waals surface area contributed by atoms with Crippen molar-refractivity contribution in [3.8, 4) is 0 Å². The topological polar surface area (TPSA) is 83.1 Å². The van der Waals surface area contributed by atoms with Gasteiger partial charge in [0.05, 0.1) is 18.8 Å². The van der Waals surface area contributed by atoms with Crippen LogP contribution in [0.2, 0.25) is 0 Å². The maximum absolute atomic E-state index is 12.0. The normalized spacial score (nSPS) is 20.1. The van der Waals surface area contributed by atoms with Gasteiger partial charge in [-0.1, -0.05) is 104 Å². The highest BCUT2D eigenvalue weighted by atomic mass is 16.7. The number of rotatable bonds is 11. The average molecular weight is 580 g/mol. The van der Waals surface area contributed by atoms with Crippen molar-refractivity contribution in [2.45, 2.75) is 52.0 Å². The van der Waals surface area contributed by atoms with E-state index in [4.69, 9.17) is 9.47 Å². The lowest BCUT2D eigenvalue weighted by Gasteiger charge is -2.43. The number of nitrogens with zero attached hydrogens (tertiary/aromatic N) is 1. The van der Waals surface area contributed by atoms with Gasteiger partial charge in [-0.25, -0.2) is 4.79 Å². The third kappa shape index (κ3) is 8.30. The van der Waals surface area contributed by atoms with Gasteiger partial charge in [-0.3, -0.25) is 4.90 Å². The van der Waals surface area contributed by atoms with Crippen LogP contribution in [0.15, 0.2) is 109 Å². The summed E-state index contributed by atoms with van der Waals surface area (Å²) in [5.41, 5.74) is 6.00. The molecule has 0 aliphatic carbocycles. The van der Waals surface area contributed by atoms with Gasteiger partial charge >= 0.3 is 6.03 Å². The van der Waals surface area contributed by atoms with Crippen LogP contribution < -0.4 is 10.6 Å². The zero-order valence-electron chi connectivity index (χ0n) is 24.9. The molecule has 1 saturated heterocycles. The Labute approximate surface area is 254 Å². The molecule has 4 atom stereocenters. The Morgan fingerprint density at radius 1 is 0.767 bits per heavy atom. The highest BCUT2D eigenvalue weighted by molar-refractivity contribution is 5.89. The zero-order valence-corrected chi connectivity index (χ0v) is 24.9. The standard InChI is InChI=1S/C36H41N3O4/c1-3-37-36(41)38-32-20-18-31(19-21-32)35-42-33(26(2)34(43-35)30-16-14-29(25-40)15-17-30)24-39(22-27-10-6-4-7-11-27)23-28-12-8-5-9-13-28/h4-21,26,33-35,40H,3,22-25H2,1-2H3,(H2,37,38,41)/t26-,33+,34+,35+/m0/s1. The summed E-state index contributed by atoms with van der Waals surface area (Å²) >= 11 is 0. The van der Waals surface area contributed by atoms with Gasteiger partial charge in [-0.2, -0.15) is 0 Å². The van der Waals surface area contributed by atoms with Crippen LogP contribution in [0.3, 0.4) is 0 Å². The Hall–Kier alpha value is -4.01. The minimum atomic E-state index is -0.586. The molecule has 1 aliphatic heterocycles. The SMILES string of the molecule is CCNC(=O)Nc1ccc([C@@H]2O[C@H](CN(Cc3ccccc3)Cc3ccccc3)[C@H](C)[C@H](c3ccc(CO)cc3)O2)cc1. The lowest BCUT2D eigenvalue weighted by molar-refractivity contribution is -0.276. The van der Waals surface area contributed by atoms with E-state index in [0.717, 1.165) is 29.8 Å². The predicted molar refractivity (Wildman–Crippen MR) is 169 cm³/mol. The Morgan fingerprint density at radius 3 is 1.91 bits per heavy atom. The largest absolute Gasteiger partial charge is 0.392 e. The van der Waals surface area contributed by atoms with Gasteiger partial charge in [0.25, 0.3) is 0 Å². The third-order valence-corrected chi connectivity index (χ3v) is 7.84. The molecule has 7 heteroatoms. The first-order valence-corrected chi connectivity index (χ1v) is 15.0. The first-order valence-electron chi connectivity index (χ1n) is 15.0. The van der Waals surface area contributed by atoms with Crippen LogP contribution in [0, 0.1) is 5.92 Å². The van der Waals surface area contributed by atoms with Gasteiger partial charge < -0.3 is 25.2 Å². The molecular formula is C36H41N3O4. The number of hydrogen-bond donors (Lipinski definition) is 3. The quantitative estimate of drug-likeness (QED) is 0.182. The molecule has 2 amide bonds. The van der Waals surface area contributed by atoms with Crippen LogP contribution in [-0.2, 0) is 29.2 Å². The minimum absolute atomic E-state index is 0.000311. The van der Waals surface area contributed by atoms with E-state index < -0.39 is 6.29 Å². The molecule has 0 radical (unpaired) electrons. The predicted octanol–water partition coefficient (Wildman–Crippen LogP) is 6.81. The van der Waals surface area contributed by atoms with Crippen molar-refractivity contribution in [3.63, 3.8) is 0 Å². The van der Waals surface area contributed by atoms with Crippen molar-refractivity contribution in [2.24, 2.45) is 5.92 Å². The molecule has 4 aromatic carbocycles. The zero-order chi connectivity index (χ0) is 30.0. The summed E-state index contributed by atoms with van der Waals surface area (Å²) in [7, 11) is 0.